The van der Waals surface area contributed by atoms with Gasteiger partial charge in [0.05, 0.1) is 50.6 Å². The average Bonchev–Trinajstić information content (AvgIpc) is 2.92. The van der Waals surface area contributed by atoms with Crippen LogP contribution in [0.1, 0.15) is 31.2 Å². The standard InChI is InChI=1S/C26H36N4O9S/c1-17(25(32)28-13-15-40(27,35)36)20-6-4-8-23(38-3)24(20)30-26(33)21(22(31)16-29-34)7-5-14-39-19-11-9-18(37-2)10-12-19/h4,6,8-12,17,21,29,34H,5,7,13-16H2,1-3H3,(H,28,32)(H,30,33)(H2,27,35,36)/t17-,21+/m0/s1. The van der Waals surface area contributed by atoms with Gasteiger partial charge >= 0.3 is 0 Å². The second kappa shape index (κ2) is 15.8. The van der Waals surface area contributed by atoms with Gasteiger partial charge in [0.1, 0.15) is 17.2 Å². The van der Waals surface area contributed by atoms with Crippen LogP contribution in [0.3, 0.4) is 0 Å². The summed E-state index contributed by atoms with van der Waals surface area (Å²) in [4.78, 5) is 38.7. The topological polar surface area (TPSA) is 195 Å². The van der Waals surface area contributed by atoms with Crippen molar-refractivity contribution >= 4 is 33.3 Å². The quantitative estimate of drug-likeness (QED) is 0.103. The zero-order valence-electron chi connectivity index (χ0n) is 22.6. The molecule has 0 heterocycles. The lowest BCUT2D eigenvalue weighted by molar-refractivity contribution is -0.132. The maximum Gasteiger partial charge on any atom is 0.235 e. The molecule has 0 unspecified atom stereocenters. The van der Waals surface area contributed by atoms with Gasteiger partial charge in [0, 0.05) is 6.54 Å². The summed E-state index contributed by atoms with van der Waals surface area (Å²) >= 11 is 0. The van der Waals surface area contributed by atoms with Crippen LogP contribution in [-0.2, 0) is 24.4 Å². The fourth-order valence-corrected chi connectivity index (χ4v) is 4.21. The summed E-state index contributed by atoms with van der Waals surface area (Å²) in [6.07, 6.45) is 0.472. The summed E-state index contributed by atoms with van der Waals surface area (Å²) in [5, 5.41) is 19.3. The summed E-state index contributed by atoms with van der Waals surface area (Å²) in [7, 11) is -0.811. The smallest absolute Gasteiger partial charge is 0.235 e. The summed E-state index contributed by atoms with van der Waals surface area (Å²) in [5.41, 5.74) is 2.36. The second-order valence-corrected chi connectivity index (χ2v) is 10.5. The molecule has 0 saturated carbocycles. The third-order valence-corrected chi connectivity index (χ3v) is 6.77. The fourth-order valence-electron chi connectivity index (χ4n) is 3.82. The van der Waals surface area contributed by atoms with E-state index in [-0.39, 0.29) is 31.0 Å². The molecular formula is C26H36N4O9S. The minimum absolute atomic E-state index is 0.122. The number of sulfonamides is 1. The number of para-hydroxylation sites is 1. The molecule has 14 heteroatoms. The SMILES string of the molecule is COc1ccc(OCCC[C@H](C(=O)CNO)C(=O)Nc2c(OC)cccc2[C@H](C)C(=O)NCCS(N)(=O)=O)cc1. The molecule has 2 aromatic rings. The molecule has 0 aliphatic rings. The van der Waals surface area contributed by atoms with E-state index in [4.69, 9.17) is 24.6 Å². The lowest BCUT2D eigenvalue weighted by atomic mass is 9.95. The van der Waals surface area contributed by atoms with E-state index in [1.54, 1.807) is 62.0 Å². The van der Waals surface area contributed by atoms with Crippen LogP contribution in [0.25, 0.3) is 0 Å². The van der Waals surface area contributed by atoms with E-state index in [1.807, 2.05) is 0 Å². The Morgan fingerprint density at radius 2 is 1.68 bits per heavy atom. The molecule has 40 heavy (non-hydrogen) atoms. The number of hydrogen-bond acceptors (Lipinski definition) is 10. The number of nitrogens with two attached hydrogens (primary N) is 1. The molecule has 2 rings (SSSR count). The van der Waals surface area contributed by atoms with Crippen molar-refractivity contribution in [3.05, 3.63) is 48.0 Å². The van der Waals surface area contributed by atoms with Crippen LogP contribution in [0, 0.1) is 5.92 Å². The highest BCUT2D eigenvalue weighted by molar-refractivity contribution is 7.89. The van der Waals surface area contributed by atoms with Gasteiger partial charge in [0.2, 0.25) is 21.8 Å². The normalized spacial score (nSPS) is 12.6. The van der Waals surface area contributed by atoms with Gasteiger partial charge in [-0.3, -0.25) is 14.4 Å². The van der Waals surface area contributed by atoms with Gasteiger partial charge in [-0.05, 0) is 55.7 Å². The number of Topliss-reactive ketones (excluding diaryl/α,β-unsaturated/α-hetero) is 1. The van der Waals surface area contributed by atoms with Crippen molar-refractivity contribution in [2.75, 3.05) is 45.0 Å². The van der Waals surface area contributed by atoms with E-state index in [1.165, 1.54) is 7.11 Å². The molecule has 0 aliphatic heterocycles. The number of rotatable bonds is 17. The molecule has 2 amide bonds. The van der Waals surface area contributed by atoms with Gasteiger partial charge in [-0.2, -0.15) is 5.48 Å². The van der Waals surface area contributed by atoms with Crippen molar-refractivity contribution in [1.29, 1.82) is 0 Å². The van der Waals surface area contributed by atoms with Crippen molar-refractivity contribution in [3.63, 3.8) is 0 Å². The lowest BCUT2D eigenvalue weighted by Gasteiger charge is -2.21. The first kappa shape index (κ1) is 32.5. The minimum Gasteiger partial charge on any atom is -0.497 e. The third kappa shape index (κ3) is 10.1. The number of amides is 2. The Balaban J connectivity index is 2.15. The minimum atomic E-state index is -3.76. The molecule has 0 radical (unpaired) electrons. The van der Waals surface area contributed by atoms with E-state index in [9.17, 15) is 22.8 Å². The summed E-state index contributed by atoms with van der Waals surface area (Å²) in [6, 6.07) is 11.8. The van der Waals surface area contributed by atoms with Crippen molar-refractivity contribution in [1.82, 2.24) is 10.8 Å². The predicted molar refractivity (Wildman–Crippen MR) is 147 cm³/mol. The Morgan fingerprint density at radius 3 is 2.27 bits per heavy atom. The van der Waals surface area contributed by atoms with E-state index in [0.717, 1.165) is 0 Å². The number of carbonyl (C=O) groups is 3. The Morgan fingerprint density at radius 1 is 1.00 bits per heavy atom. The number of primary sulfonamides is 1. The van der Waals surface area contributed by atoms with Crippen molar-refractivity contribution in [3.8, 4) is 17.2 Å². The summed E-state index contributed by atoms with van der Waals surface area (Å²) in [5.74, 6) is -2.57. The van der Waals surface area contributed by atoms with Crippen LogP contribution in [0.5, 0.6) is 17.2 Å². The number of ketones is 1. The maximum absolute atomic E-state index is 13.3. The number of hydroxylamine groups is 1. The van der Waals surface area contributed by atoms with Crippen LogP contribution < -0.4 is 35.5 Å². The number of methoxy groups -OCH3 is 2. The Labute approximate surface area is 233 Å². The van der Waals surface area contributed by atoms with Crippen LogP contribution in [0.15, 0.2) is 42.5 Å². The first-order chi connectivity index (χ1) is 19.0. The molecule has 2 atom stereocenters. The largest absolute Gasteiger partial charge is 0.497 e. The zero-order valence-corrected chi connectivity index (χ0v) is 23.5. The Hall–Kier alpha value is -3.72. The maximum atomic E-state index is 13.3. The molecule has 220 valence electrons. The molecule has 0 spiro atoms. The van der Waals surface area contributed by atoms with Gasteiger partial charge in [-0.15, -0.1) is 0 Å². The van der Waals surface area contributed by atoms with Crippen molar-refractivity contribution < 1.29 is 42.2 Å². The highest BCUT2D eigenvalue weighted by Gasteiger charge is 2.29. The van der Waals surface area contributed by atoms with Gasteiger partial charge in [-0.25, -0.2) is 13.6 Å². The number of ether oxygens (including phenoxy) is 3. The Bertz CT molecular complexity index is 1250. The van der Waals surface area contributed by atoms with Crippen molar-refractivity contribution in [2.24, 2.45) is 11.1 Å². The highest BCUT2D eigenvalue weighted by atomic mass is 32.2. The average molecular weight is 581 g/mol. The number of carbonyl (C=O) groups excluding carboxylic acids is 3. The number of hydrogen-bond donors (Lipinski definition) is 5. The van der Waals surface area contributed by atoms with Crippen molar-refractivity contribution in [2.45, 2.75) is 25.7 Å². The predicted octanol–water partition coefficient (Wildman–Crippen LogP) is 1.17. The summed E-state index contributed by atoms with van der Waals surface area (Å²) in [6.45, 7) is 1.17. The van der Waals surface area contributed by atoms with Crippen LogP contribution in [0.2, 0.25) is 0 Å². The molecule has 2 aromatic carbocycles. The van der Waals surface area contributed by atoms with Crippen LogP contribution >= 0.6 is 0 Å². The Kier molecular flexibility index (Phi) is 12.8. The molecule has 13 nitrogen and oxygen atoms in total. The molecule has 0 aliphatic carbocycles. The first-order valence-corrected chi connectivity index (χ1v) is 14.1. The molecule has 0 aromatic heterocycles. The lowest BCUT2D eigenvalue weighted by Crippen LogP contribution is -2.36. The van der Waals surface area contributed by atoms with E-state index in [0.29, 0.717) is 23.5 Å². The van der Waals surface area contributed by atoms with E-state index in [2.05, 4.69) is 10.6 Å². The van der Waals surface area contributed by atoms with Gasteiger partial charge in [-0.1, -0.05) is 12.1 Å². The number of benzene rings is 2. The van der Waals surface area contributed by atoms with Crippen LogP contribution in [0.4, 0.5) is 5.69 Å². The molecule has 0 fully saturated rings. The van der Waals surface area contributed by atoms with E-state index < -0.39 is 51.8 Å². The zero-order chi connectivity index (χ0) is 29.7. The van der Waals surface area contributed by atoms with Gasteiger partial charge < -0.3 is 30.1 Å². The first-order valence-electron chi connectivity index (χ1n) is 12.4. The van der Waals surface area contributed by atoms with E-state index >= 15 is 0 Å². The third-order valence-electron chi connectivity index (χ3n) is 6.00. The second-order valence-electron chi connectivity index (χ2n) is 8.81. The summed E-state index contributed by atoms with van der Waals surface area (Å²) < 4.78 is 38.5. The number of anilines is 1. The molecular weight excluding hydrogens is 544 g/mol. The molecule has 0 saturated heterocycles. The molecule has 0 bridgehead atoms. The van der Waals surface area contributed by atoms with Gasteiger partial charge in [0.25, 0.3) is 0 Å². The highest BCUT2D eigenvalue weighted by Crippen LogP contribution is 2.34. The fraction of sp³-hybridized carbons (Fsp3) is 0.423. The van der Waals surface area contributed by atoms with Gasteiger partial charge in [0.15, 0.2) is 5.78 Å². The molecule has 6 N–H and O–H groups in total. The van der Waals surface area contributed by atoms with Crippen LogP contribution in [-0.4, -0.2) is 70.9 Å². The number of nitrogens with one attached hydrogen (secondary N) is 3. The monoisotopic (exact) mass is 580 g/mol.